The van der Waals surface area contributed by atoms with Crippen LogP contribution in [0.2, 0.25) is 0 Å². The predicted octanol–water partition coefficient (Wildman–Crippen LogP) is 2.83. The summed E-state index contributed by atoms with van der Waals surface area (Å²) in [5, 5.41) is 9.31. The number of hydrogen-bond acceptors (Lipinski definition) is 3. The van der Waals surface area contributed by atoms with E-state index in [-0.39, 0.29) is 12.0 Å². The Morgan fingerprint density at radius 3 is 2.67 bits per heavy atom. The summed E-state index contributed by atoms with van der Waals surface area (Å²) < 4.78 is 5.38. The number of carboxylic acid groups (broad SMARTS) is 1. The van der Waals surface area contributed by atoms with Gasteiger partial charge in [0.05, 0.1) is 0 Å². The van der Waals surface area contributed by atoms with Gasteiger partial charge in [0.15, 0.2) is 0 Å². The molecule has 0 saturated carbocycles. The summed E-state index contributed by atoms with van der Waals surface area (Å²) in [6.45, 7) is 8.24. The number of amides is 1. The SMILES string of the molecule is CC(C)(C)OC(=O)N1CCC2C=CC(C)(C(=O)O)C=C2C1. The summed E-state index contributed by atoms with van der Waals surface area (Å²) in [4.78, 5) is 25.1. The maximum atomic E-state index is 12.1. The van der Waals surface area contributed by atoms with Gasteiger partial charge in [0.1, 0.15) is 11.0 Å². The second kappa shape index (κ2) is 5.20. The van der Waals surface area contributed by atoms with Gasteiger partial charge in [0, 0.05) is 19.0 Å². The molecule has 1 N–H and O–H groups in total. The smallest absolute Gasteiger partial charge is 0.410 e. The number of carbonyl (C=O) groups is 2. The lowest BCUT2D eigenvalue weighted by molar-refractivity contribution is -0.142. The minimum atomic E-state index is -0.983. The summed E-state index contributed by atoms with van der Waals surface area (Å²) in [6, 6.07) is 0. The highest BCUT2D eigenvalue weighted by Crippen LogP contribution is 2.36. The summed E-state index contributed by atoms with van der Waals surface area (Å²) in [7, 11) is 0. The highest BCUT2D eigenvalue weighted by Gasteiger charge is 2.36. The van der Waals surface area contributed by atoms with Crippen LogP contribution in [0.3, 0.4) is 0 Å². The lowest BCUT2D eigenvalue weighted by Gasteiger charge is -2.37. The van der Waals surface area contributed by atoms with Crippen molar-refractivity contribution in [2.45, 2.75) is 39.7 Å². The van der Waals surface area contributed by atoms with E-state index in [1.54, 1.807) is 24.0 Å². The van der Waals surface area contributed by atoms with E-state index in [2.05, 4.69) is 0 Å². The maximum Gasteiger partial charge on any atom is 0.410 e. The molecule has 0 bridgehead atoms. The summed E-state index contributed by atoms with van der Waals surface area (Å²) in [5.41, 5.74) is -0.521. The molecule has 0 spiro atoms. The Hall–Kier alpha value is -1.78. The van der Waals surface area contributed by atoms with Crippen LogP contribution in [0.25, 0.3) is 0 Å². The van der Waals surface area contributed by atoms with Crippen molar-refractivity contribution in [3.8, 4) is 0 Å². The zero-order valence-electron chi connectivity index (χ0n) is 13.0. The third-order valence-corrected chi connectivity index (χ3v) is 3.83. The van der Waals surface area contributed by atoms with Crippen LogP contribution >= 0.6 is 0 Å². The Labute approximate surface area is 125 Å². The highest BCUT2D eigenvalue weighted by atomic mass is 16.6. The average molecular weight is 293 g/mol. The Kier molecular flexibility index (Phi) is 3.87. The van der Waals surface area contributed by atoms with Gasteiger partial charge in [-0.15, -0.1) is 0 Å². The van der Waals surface area contributed by atoms with Gasteiger partial charge in [-0.1, -0.05) is 18.2 Å². The molecule has 1 aliphatic carbocycles. The molecule has 1 aliphatic heterocycles. The summed E-state index contributed by atoms with van der Waals surface area (Å²) in [5.74, 6) is -0.643. The van der Waals surface area contributed by atoms with Crippen LogP contribution in [0.1, 0.15) is 34.1 Å². The van der Waals surface area contributed by atoms with E-state index < -0.39 is 17.0 Å². The van der Waals surface area contributed by atoms with Crippen LogP contribution in [0, 0.1) is 11.3 Å². The van der Waals surface area contributed by atoms with Crippen molar-refractivity contribution in [1.82, 2.24) is 4.90 Å². The highest BCUT2D eigenvalue weighted by molar-refractivity contribution is 5.80. The number of likely N-dealkylation sites (tertiary alicyclic amines) is 1. The van der Waals surface area contributed by atoms with E-state index >= 15 is 0 Å². The van der Waals surface area contributed by atoms with Gasteiger partial charge in [-0.2, -0.15) is 0 Å². The van der Waals surface area contributed by atoms with E-state index in [9.17, 15) is 14.7 Å². The van der Waals surface area contributed by atoms with Gasteiger partial charge in [0.25, 0.3) is 0 Å². The molecule has 0 aromatic rings. The van der Waals surface area contributed by atoms with Crippen LogP contribution in [0.5, 0.6) is 0 Å². The molecule has 1 heterocycles. The fourth-order valence-electron chi connectivity index (χ4n) is 2.63. The molecule has 0 aromatic heterocycles. The number of fused-ring (bicyclic) bond motifs is 1. The van der Waals surface area contributed by atoms with Gasteiger partial charge in [-0.25, -0.2) is 4.79 Å². The quantitative estimate of drug-likeness (QED) is 0.755. The van der Waals surface area contributed by atoms with E-state index in [0.29, 0.717) is 13.1 Å². The lowest BCUT2D eigenvalue weighted by Crippen LogP contribution is -2.43. The van der Waals surface area contributed by atoms with Crippen molar-refractivity contribution in [1.29, 1.82) is 0 Å². The normalized spacial score (nSPS) is 28.7. The van der Waals surface area contributed by atoms with E-state index in [4.69, 9.17) is 4.74 Å². The van der Waals surface area contributed by atoms with Crippen molar-refractivity contribution in [2.75, 3.05) is 13.1 Å². The van der Waals surface area contributed by atoms with Crippen molar-refractivity contribution >= 4 is 12.1 Å². The number of piperidine rings is 1. The van der Waals surface area contributed by atoms with E-state index in [1.807, 2.05) is 26.8 Å². The summed E-state index contributed by atoms with van der Waals surface area (Å²) in [6.07, 6.45) is 5.93. The Morgan fingerprint density at radius 1 is 1.43 bits per heavy atom. The molecule has 1 fully saturated rings. The summed E-state index contributed by atoms with van der Waals surface area (Å²) >= 11 is 0. The fraction of sp³-hybridized carbons (Fsp3) is 0.625. The number of aliphatic carboxylic acids is 1. The van der Waals surface area contributed by atoms with Crippen LogP contribution in [-0.2, 0) is 9.53 Å². The standard InChI is InChI=1S/C16H23NO4/c1-15(2,3)21-14(20)17-8-6-11-5-7-16(4,13(18)19)9-12(11)10-17/h5,7,9,11H,6,8,10H2,1-4H3,(H,18,19). The second-order valence-electron chi connectivity index (χ2n) is 6.96. The molecule has 1 amide bonds. The van der Waals surface area contributed by atoms with Crippen LogP contribution in [0.15, 0.2) is 23.8 Å². The molecular weight excluding hydrogens is 270 g/mol. The number of carbonyl (C=O) groups excluding carboxylic acids is 1. The van der Waals surface area contributed by atoms with Crippen LogP contribution in [0.4, 0.5) is 4.79 Å². The predicted molar refractivity (Wildman–Crippen MR) is 78.9 cm³/mol. The van der Waals surface area contributed by atoms with Gasteiger partial charge in [0.2, 0.25) is 0 Å². The van der Waals surface area contributed by atoms with Crippen molar-refractivity contribution in [2.24, 2.45) is 11.3 Å². The third kappa shape index (κ3) is 3.46. The Balaban J connectivity index is 2.12. The lowest BCUT2D eigenvalue weighted by atomic mass is 9.76. The number of allylic oxidation sites excluding steroid dienone is 1. The zero-order chi connectivity index (χ0) is 15.8. The molecule has 21 heavy (non-hydrogen) atoms. The Bertz CT molecular complexity index is 515. The van der Waals surface area contributed by atoms with Crippen molar-refractivity contribution in [3.63, 3.8) is 0 Å². The number of hydrogen-bond donors (Lipinski definition) is 1. The molecule has 0 radical (unpaired) electrons. The average Bonchev–Trinajstić information content (AvgIpc) is 2.35. The zero-order valence-corrected chi connectivity index (χ0v) is 13.0. The first-order valence-electron chi connectivity index (χ1n) is 7.23. The monoisotopic (exact) mass is 293 g/mol. The molecule has 2 unspecified atom stereocenters. The molecular formula is C16H23NO4. The molecule has 2 rings (SSSR count). The van der Waals surface area contributed by atoms with Crippen molar-refractivity contribution in [3.05, 3.63) is 23.8 Å². The first-order chi connectivity index (χ1) is 9.61. The minimum Gasteiger partial charge on any atom is -0.480 e. The third-order valence-electron chi connectivity index (χ3n) is 3.83. The largest absolute Gasteiger partial charge is 0.480 e. The van der Waals surface area contributed by atoms with Gasteiger partial charge in [-0.3, -0.25) is 4.79 Å². The van der Waals surface area contributed by atoms with Crippen LogP contribution in [-0.4, -0.2) is 40.8 Å². The fourth-order valence-corrected chi connectivity index (χ4v) is 2.63. The topological polar surface area (TPSA) is 66.8 Å². The molecule has 116 valence electrons. The molecule has 1 saturated heterocycles. The van der Waals surface area contributed by atoms with Gasteiger partial charge in [-0.05, 0) is 39.7 Å². The second-order valence-corrected chi connectivity index (χ2v) is 6.96. The maximum absolute atomic E-state index is 12.1. The molecule has 5 heteroatoms. The molecule has 5 nitrogen and oxygen atoms in total. The molecule has 0 aromatic carbocycles. The van der Waals surface area contributed by atoms with E-state index in [0.717, 1.165) is 12.0 Å². The molecule has 2 atom stereocenters. The van der Waals surface area contributed by atoms with Gasteiger partial charge < -0.3 is 14.7 Å². The molecule has 2 aliphatic rings. The first kappa shape index (κ1) is 15.6. The minimum absolute atomic E-state index is 0.233. The van der Waals surface area contributed by atoms with Gasteiger partial charge >= 0.3 is 12.1 Å². The number of carboxylic acids is 1. The Morgan fingerprint density at radius 2 is 2.10 bits per heavy atom. The number of nitrogens with zero attached hydrogens (tertiary/aromatic N) is 1. The van der Waals surface area contributed by atoms with Crippen molar-refractivity contribution < 1.29 is 19.4 Å². The number of ether oxygens (including phenoxy) is 1. The number of rotatable bonds is 1. The van der Waals surface area contributed by atoms with E-state index in [1.165, 1.54) is 0 Å². The van der Waals surface area contributed by atoms with Crippen LogP contribution < -0.4 is 0 Å². The first-order valence-corrected chi connectivity index (χ1v) is 7.23.